The Morgan fingerprint density at radius 2 is 1.87 bits per heavy atom. The van der Waals surface area contributed by atoms with E-state index in [4.69, 9.17) is 0 Å². The normalized spacial score (nSPS) is 11.3. The zero-order valence-corrected chi connectivity index (χ0v) is 13.2. The van der Waals surface area contributed by atoms with Gasteiger partial charge >= 0.3 is 0 Å². The smallest absolute Gasteiger partial charge is 0.261 e. The topological polar surface area (TPSA) is 57.8 Å². The van der Waals surface area contributed by atoms with Crippen LogP contribution in [0.15, 0.2) is 53.6 Å². The van der Waals surface area contributed by atoms with Crippen LogP contribution in [-0.2, 0) is 13.0 Å². The summed E-state index contributed by atoms with van der Waals surface area (Å²) in [5, 5.41) is 10.4. The average molecular weight is 309 g/mol. The second-order valence-corrected chi connectivity index (χ2v) is 5.87. The molecule has 2 aromatic heterocycles. The fourth-order valence-electron chi connectivity index (χ4n) is 2.61. The number of fused-ring (bicyclic) bond motifs is 1. The molecule has 23 heavy (non-hydrogen) atoms. The molecule has 0 amide bonds. The molecule has 5 nitrogen and oxygen atoms in total. The maximum Gasteiger partial charge on any atom is 0.261 e. The molecule has 0 bridgehead atoms. The van der Waals surface area contributed by atoms with Gasteiger partial charge in [-0.1, -0.05) is 30.3 Å². The van der Waals surface area contributed by atoms with Gasteiger partial charge in [-0.2, -0.15) is 0 Å². The Bertz CT molecular complexity index is 886. The minimum atomic E-state index is -0.148. The van der Waals surface area contributed by atoms with Crippen molar-refractivity contribution in [1.29, 1.82) is 0 Å². The van der Waals surface area contributed by atoms with E-state index in [1.165, 1.54) is 4.40 Å². The molecule has 118 valence electrons. The van der Waals surface area contributed by atoms with Gasteiger partial charge in [0, 0.05) is 36.5 Å². The minimum Gasteiger partial charge on any atom is -0.504 e. The number of pyridine rings is 1. The lowest BCUT2D eigenvalue weighted by molar-refractivity contribution is 0.386. The Kier molecular flexibility index (Phi) is 4.12. The summed E-state index contributed by atoms with van der Waals surface area (Å²) >= 11 is 0. The van der Waals surface area contributed by atoms with Gasteiger partial charge in [-0.3, -0.25) is 9.20 Å². The molecular formula is C18H19N3O2. The van der Waals surface area contributed by atoms with Crippen LogP contribution in [0.2, 0.25) is 0 Å². The molecule has 2 heterocycles. The third-order valence-corrected chi connectivity index (χ3v) is 3.73. The third kappa shape index (κ3) is 3.10. The van der Waals surface area contributed by atoms with Gasteiger partial charge in [0.15, 0.2) is 11.4 Å². The highest BCUT2D eigenvalue weighted by atomic mass is 16.3. The molecule has 3 aromatic rings. The van der Waals surface area contributed by atoms with E-state index < -0.39 is 0 Å². The largest absolute Gasteiger partial charge is 0.504 e. The monoisotopic (exact) mass is 309 g/mol. The van der Waals surface area contributed by atoms with Crippen molar-refractivity contribution in [1.82, 2.24) is 14.3 Å². The van der Waals surface area contributed by atoms with E-state index in [0.29, 0.717) is 24.2 Å². The Labute approximate surface area is 134 Å². The Balaban J connectivity index is 2.05. The molecule has 0 aliphatic rings. The van der Waals surface area contributed by atoms with Crippen LogP contribution in [0.25, 0.3) is 5.65 Å². The molecular weight excluding hydrogens is 290 g/mol. The number of hydrogen-bond acceptors (Lipinski definition) is 4. The van der Waals surface area contributed by atoms with Crippen LogP contribution in [0.1, 0.15) is 16.7 Å². The second-order valence-electron chi connectivity index (χ2n) is 5.87. The van der Waals surface area contributed by atoms with Crippen LogP contribution in [-0.4, -0.2) is 33.5 Å². The van der Waals surface area contributed by atoms with Gasteiger partial charge in [0.05, 0.1) is 0 Å². The molecule has 5 heteroatoms. The van der Waals surface area contributed by atoms with E-state index >= 15 is 0 Å². The van der Waals surface area contributed by atoms with E-state index in [0.717, 1.165) is 11.1 Å². The first-order valence-corrected chi connectivity index (χ1v) is 7.46. The average Bonchev–Trinajstić information content (AvgIpc) is 2.53. The quantitative estimate of drug-likeness (QED) is 0.801. The van der Waals surface area contributed by atoms with Crippen LogP contribution >= 0.6 is 0 Å². The van der Waals surface area contributed by atoms with Crippen molar-refractivity contribution in [2.24, 2.45) is 0 Å². The van der Waals surface area contributed by atoms with E-state index in [1.54, 1.807) is 18.5 Å². The van der Waals surface area contributed by atoms with Crippen LogP contribution in [0.4, 0.5) is 0 Å². The molecule has 1 N–H and O–H groups in total. The summed E-state index contributed by atoms with van der Waals surface area (Å²) in [5.74, 6) is 0.0598. The van der Waals surface area contributed by atoms with E-state index in [9.17, 15) is 9.90 Å². The lowest BCUT2D eigenvalue weighted by Gasteiger charge is -2.13. The van der Waals surface area contributed by atoms with Crippen molar-refractivity contribution in [3.8, 4) is 5.75 Å². The molecule has 0 aliphatic heterocycles. The van der Waals surface area contributed by atoms with Crippen molar-refractivity contribution in [2.45, 2.75) is 13.0 Å². The van der Waals surface area contributed by atoms with Crippen LogP contribution in [0, 0.1) is 0 Å². The van der Waals surface area contributed by atoms with Crippen LogP contribution in [0.5, 0.6) is 5.75 Å². The lowest BCUT2D eigenvalue weighted by Crippen LogP contribution is -2.20. The summed E-state index contributed by atoms with van der Waals surface area (Å²) in [7, 11) is 3.85. The first kappa shape index (κ1) is 15.2. The number of nitrogens with zero attached hydrogens (tertiary/aromatic N) is 3. The molecule has 1 aromatic carbocycles. The predicted molar refractivity (Wildman–Crippen MR) is 89.8 cm³/mol. The number of aromatic nitrogens is 2. The number of rotatable bonds is 4. The zero-order chi connectivity index (χ0) is 16.4. The van der Waals surface area contributed by atoms with E-state index in [-0.39, 0.29) is 11.3 Å². The predicted octanol–water partition coefficient (Wildman–Crippen LogP) is 2.05. The van der Waals surface area contributed by atoms with Crippen molar-refractivity contribution in [2.75, 3.05) is 14.1 Å². The molecule has 0 spiro atoms. The highest BCUT2D eigenvalue weighted by Crippen LogP contribution is 2.22. The standard InChI is InChI=1S/C18H19N3O2/c1-20(2)12-14-8-9-21-17(16(14)22)19-11-15(18(21)23)10-13-6-4-3-5-7-13/h3-9,11,22H,10,12H2,1-2H3. The maximum atomic E-state index is 12.6. The fourth-order valence-corrected chi connectivity index (χ4v) is 2.61. The van der Waals surface area contributed by atoms with Gasteiger partial charge in [-0.25, -0.2) is 4.98 Å². The highest BCUT2D eigenvalue weighted by molar-refractivity contribution is 5.56. The number of benzene rings is 1. The third-order valence-electron chi connectivity index (χ3n) is 3.73. The molecule has 3 rings (SSSR count). The SMILES string of the molecule is CN(C)Cc1ccn2c(=O)c(Cc3ccccc3)cnc2c1O. The molecule has 0 unspecified atom stereocenters. The van der Waals surface area contributed by atoms with Gasteiger partial charge in [0.25, 0.3) is 5.56 Å². The summed E-state index contributed by atoms with van der Waals surface area (Å²) in [5.41, 5.74) is 2.56. The Hall–Kier alpha value is -2.66. The molecule has 0 fully saturated rings. The van der Waals surface area contributed by atoms with Crippen LogP contribution < -0.4 is 5.56 Å². The maximum absolute atomic E-state index is 12.6. The minimum absolute atomic E-state index is 0.0598. The van der Waals surface area contributed by atoms with Crippen molar-refractivity contribution in [3.63, 3.8) is 0 Å². The van der Waals surface area contributed by atoms with Gasteiger partial charge in [-0.15, -0.1) is 0 Å². The first-order chi connectivity index (χ1) is 11.1. The fraction of sp³-hybridized carbons (Fsp3) is 0.222. The van der Waals surface area contributed by atoms with Gasteiger partial charge in [-0.05, 0) is 25.7 Å². The van der Waals surface area contributed by atoms with Gasteiger partial charge in [0.2, 0.25) is 0 Å². The highest BCUT2D eigenvalue weighted by Gasteiger charge is 2.12. The van der Waals surface area contributed by atoms with Crippen molar-refractivity contribution in [3.05, 3.63) is 75.8 Å². The summed E-state index contributed by atoms with van der Waals surface area (Å²) in [6.45, 7) is 0.587. The second kappa shape index (κ2) is 6.22. The summed E-state index contributed by atoms with van der Waals surface area (Å²) in [6.07, 6.45) is 3.76. The summed E-state index contributed by atoms with van der Waals surface area (Å²) in [6, 6.07) is 11.6. The van der Waals surface area contributed by atoms with E-state index in [2.05, 4.69) is 4.98 Å². The Morgan fingerprint density at radius 3 is 2.57 bits per heavy atom. The molecule has 0 aliphatic carbocycles. The number of hydrogen-bond donors (Lipinski definition) is 1. The molecule has 0 saturated heterocycles. The number of aromatic hydroxyl groups is 1. The van der Waals surface area contributed by atoms with Gasteiger partial charge < -0.3 is 10.0 Å². The van der Waals surface area contributed by atoms with Crippen molar-refractivity contribution >= 4 is 5.65 Å². The van der Waals surface area contributed by atoms with Crippen molar-refractivity contribution < 1.29 is 5.11 Å². The summed E-state index contributed by atoms with van der Waals surface area (Å²) < 4.78 is 1.41. The Morgan fingerprint density at radius 1 is 1.13 bits per heavy atom. The zero-order valence-electron chi connectivity index (χ0n) is 13.2. The van der Waals surface area contributed by atoms with Gasteiger partial charge in [0.1, 0.15) is 0 Å². The van der Waals surface area contributed by atoms with Crippen LogP contribution in [0.3, 0.4) is 0 Å². The van der Waals surface area contributed by atoms with E-state index in [1.807, 2.05) is 49.3 Å². The lowest BCUT2D eigenvalue weighted by atomic mass is 10.1. The summed E-state index contributed by atoms with van der Waals surface area (Å²) in [4.78, 5) is 18.9. The molecule has 0 saturated carbocycles. The molecule has 0 radical (unpaired) electrons. The first-order valence-electron chi connectivity index (χ1n) is 7.46. The molecule has 0 atom stereocenters.